The maximum atomic E-state index is 12.8. The molecule has 0 rings (SSSR count). The first-order valence-electron chi connectivity index (χ1n) is 10.0. The number of primary amides is 1. The summed E-state index contributed by atoms with van der Waals surface area (Å²) >= 11 is 1.43. The lowest BCUT2D eigenvalue weighted by atomic mass is 10.1. The molecule has 0 saturated carbocycles. The van der Waals surface area contributed by atoms with Crippen LogP contribution in [0.25, 0.3) is 0 Å². The number of nitrogens with one attached hydrogen (secondary N) is 3. The van der Waals surface area contributed by atoms with Gasteiger partial charge in [0, 0.05) is 0 Å². The van der Waals surface area contributed by atoms with Crippen LogP contribution in [0, 0.1) is 0 Å². The molecule has 184 valence electrons. The molecule has 11 N–H and O–H groups in total. The first-order chi connectivity index (χ1) is 15.1. The van der Waals surface area contributed by atoms with E-state index >= 15 is 0 Å². The molecule has 4 atom stereocenters. The van der Waals surface area contributed by atoms with Crippen molar-refractivity contribution in [1.29, 1.82) is 0 Å². The average molecular weight is 479 g/mol. The number of thioether (sulfide) groups is 1. The van der Waals surface area contributed by atoms with E-state index in [0.29, 0.717) is 25.1 Å². The number of unbranched alkanes of at least 4 members (excludes halogenated alkanes) is 1. The van der Waals surface area contributed by atoms with Crippen molar-refractivity contribution in [3.63, 3.8) is 0 Å². The molecule has 4 amide bonds. The number of hydrogen-bond acceptors (Lipinski definition) is 9. The van der Waals surface area contributed by atoms with E-state index in [2.05, 4.69) is 16.0 Å². The number of carboxylic acids is 1. The third-order valence-electron chi connectivity index (χ3n) is 4.38. The predicted octanol–water partition coefficient (Wildman–Crippen LogP) is -3.40. The summed E-state index contributed by atoms with van der Waals surface area (Å²) in [7, 11) is 0. The van der Waals surface area contributed by atoms with Gasteiger partial charge in [0.2, 0.25) is 23.6 Å². The second-order valence-corrected chi connectivity index (χ2v) is 8.03. The van der Waals surface area contributed by atoms with Gasteiger partial charge >= 0.3 is 5.97 Å². The number of aliphatic carboxylic acids is 1. The van der Waals surface area contributed by atoms with Crippen LogP contribution in [0.3, 0.4) is 0 Å². The summed E-state index contributed by atoms with van der Waals surface area (Å²) < 4.78 is 0. The predicted molar refractivity (Wildman–Crippen MR) is 118 cm³/mol. The number of aliphatic hydroxyl groups is 1. The van der Waals surface area contributed by atoms with Crippen molar-refractivity contribution in [2.24, 2.45) is 17.2 Å². The van der Waals surface area contributed by atoms with E-state index in [1.165, 1.54) is 11.8 Å². The molecule has 0 aromatic carbocycles. The van der Waals surface area contributed by atoms with Crippen LogP contribution in [-0.4, -0.2) is 89.1 Å². The first kappa shape index (κ1) is 29.6. The van der Waals surface area contributed by atoms with Crippen LogP contribution in [0.1, 0.15) is 32.1 Å². The minimum atomic E-state index is -1.53. The van der Waals surface area contributed by atoms with Gasteiger partial charge in [0.15, 0.2) is 0 Å². The Morgan fingerprint density at radius 1 is 0.906 bits per heavy atom. The van der Waals surface area contributed by atoms with E-state index in [1.54, 1.807) is 6.26 Å². The van der Waals surface area contributed by atoms with Crippen molar-refractivity contribution in [3.8, 4) is 0 Å². The molecular formula is C18H34N6O7S. The van der Waals surface area contributed by atoms with Crippen molar-refractivity contribution < 1.29 is 34.2 Å². The largest absolute Gasteiger partial charge is 0.480 e. The molecule has 0 spiro atoms. The third kappa shape index (κ3) is 11.8. The van der Waals surface area contributed by atoms with Crippen LogP contribution >= 0.6 is 11.8 Å². The van der Waals surface area contributed by atoms with Crippen LogP contribution in [0.4, 0.5) is 0 Å². The highest BCUT2D eigenvalue weighted by atomic mass is 32.2. The van der Waals surface area contributed by atoms with Crippen molar-refractivity contribution in [1.82, 2.24) is 16.0 Å². The Morgan fingerprint density at radius 2 is 1.44 bits per heavy atom. The van der Waals surface area contributed by atoms with Gasteiger partial charge in [-0.05, 0) is 44.2 Å². The number of carbonyl (C=O) groups excluding carboxylic acids is 4. The highest BCUT2D eigenvalue weighted by molar-refractivity contribution is 7.98. The molecule has 0 saturated heterocycles. The number of amides is 4. The van der Waals surface area contributed by atoms with Gasteiger partial charge in [-0.25, -0.2) is 4.79 Å². The Hall–Kier alpha value is -2.42. The molecule has 0 heterocycles. The molecule has 14 heteroatoms. The number of rotatable bonds is 17. The lowest BCUT2D eigenvalue weighted by Crippen LogP contribution is -2.57. The minimum Gasteiger partial charge on any atom is -0.480 e. The van der Waals surface area contributed by atoms with E-state index < -0.39 is 66.8 Å². The highest BCUT2D eigenvalue weighted by Crippen LogP contribution is 2.06. The zero-order valence-corrected chi connectivity index (χ0v) is 18.9. The van der Waals surface area contributed by atoms with Gasteiger partial charge in [0.25, 0.3) is 0 Å². The van der Waals surface area contributed by atoms with Gasteiger partial charge in [-0.2, -0.15) is 11.8 Å². The highest BCUT2D eigenvalue weighted by Gasteiger charge is 2.30. The quantitative estimate of drug-likeness (QED) is 0.0963. The SMILES string of the molecule is CSCCC(NC(=O)C(N)CC(N)=O)C(=O)NC(CCCCN)C(=O)NC(CO)C(=O)O. The normalized spacial score (nSPS) is 14.5. The summed E-state index contributed by atoms with van der Waals surface area (Å²) in [6.45, 7) is -0.463. The summed E-state index contributed by atoms with van der Waals surface area (Å²) in [5, 5.41) is 25.3. The fourth-order valence-corrected chi connectivity index (χ4v) is 3.06. The number of carboxylic acid groups (broad SMARTS) is 1. The van der Waals surface area contributed by atoms with E-state index in [9.17, 15) is 24.0 Å². The standard InChI is InChI=1S/C18H34N6O7S/c1-32-7-5-12(22-15(27)10(20)8-14(21)26)17(29)23-11(4-2-3-6-19)16(28)24-13(9-25)18(30)31/h10-13,25H,2-9,19-20H2,1H3,(H2,21,26)(H,22,27)(H,23,29)(H,24,28)(H,30,31). The van der Waals surface area contributed by atoms with Crippen LogP contribution in [0.2, 0.25) is 0 Å². The molecule has 32 heavy (non-hydrogen) atoms. The summed E-state index contributed by atoms with van der Waals surface area (Å²) in [4.78, 5) is 59.7. The molecule has 13 nitrogen and oxygen atoms in total. The number of hydrogen-bond donors (Lipinski definition) is 8. The van der Waals surface area contributed by atoms with E-state index in [4.69, 9.17) is 27.4 Å². The smallest absolute Gasteiger partial charge is 0.328 e. The number of aliphatic hydroxyl groups excluding tert-OH is 1. The average Bonchev–Trinajstić information content (AvgIpc) is 2.72. The van der Waals surface area contributed by atoms with Crippen molar-refractivity contribution in [2.75, 3.05) is 25.2 Å². The first-order valence-corrected chi connectivity index (χ1v) is 11.4. The Morgan fingerprint density at radius 3 is 1.91 bits per heavy atom. The lowest BCUT2D eigenvalue weighted by molar-refractivity contribution is -0.143. The molecule has 0 aliphatic carbocycles. The van der Waals surface area contributed by atoms with E-state index in [1.807, 2.05) is 0 Å². The van der Waals surface area contributed by atoms with Crippen molar-refractivity contribution in [3.05, 3.63) is 0 Å². The topological polar surface area (TPSA) is 240 Å². The fraction of sp³-hybridized carbons (Fsp3) is 0.722. The molecule has 0 aromatic heterocycles. The Bertz CT molecular complexity index is 651. The van der Waals surface area contributed by atoms with Crippen LogP contribution < -0.4 is 33.2 Å². The second kappa shape index (κ2) is 16.2. The molecule has 0 bridgehead atoms. The van der Waals surface area contributed by atoms with Crippen LogP contribution in [0.15, 0.2) is 0 Å². The molecular weight excluding hydrogens is 444 g/mol. The van der Waals surface area contributed by atoms with Gasteiger partial charge < -0.3 is 43.4 Å². The zero-order chi connectivity index (χ0) is 24.7. The van der Waals surface area contributed by atoms with E-state index in [-0.39, 0.29) is 12.8 Å². The zero-order valence-electron chi connectivity index (χ0n) is 18.0. The van der Waals surface area contributed by atoms with Gasteiger partial charge in [0.1, 0.15) is 18.1 Å². The third-order valence-corrected chi connectivity index (χ3v) is 5.02. The minimum absolute atomic E-state index is 0.164. The number of carbonyl (C=O) groups is 5. The maximum absolute atomic E-state index is 12.8. The maximum Gasteiger partial charge on any atom is 0.328 e. The molecule has 4 unspecified atom stereocenters. The van der Waals surface area contributed by atoms with Crippen LogP contribution in [0.5, 0.6) is 0 Å². The fourth-order valence-electron chi connectivity index (χ4n) is 2.58. The second-order valence-electron chi connectivity index (χ2n) is 7.05. The van der Waals surface area contributed by atoms with Gasteiger partial charge in [0.05, 0.1) is 19.1 Å². The summed E-state index contributed by atoms with van der Waals surface area (Å²) in [6, 6.07) is -4.93. The Kier molecular flexibility index (Phi) is 15.0. The molecule has 0 aliphatic rings. The van der Waals surface area contributed by atoms with Gasteiger partial charge in [-0.1, -0.05) is 0 Å². The molecule has 0 radical (unpaired) electrons. The van der Waals surface area contributed by atoms with Gasteiger partial charge in [-0.15, -0.1) is 0 Å². The molecule has 0 aliphatic heterocycles. The monoisotopic (exact) mass is 478 g/mol. The number of nitrogens with two attached hydrogens (primary N) is 3. The molecule has 0 fully saturated rings. The van der Waals surface area contributed by atoms with Crippen molar-refractivity contribution >= 4 is 41.4 Å². The van der Waals surface area contributed by atoms with Gasteiger partial charge in [-0.3, -0.25) is 19.2 Å². The summed E-state index contributed by atoms with van der Waals surface area (Å²) in [5.74, 6) is -3.92. The van der Waals surface area contributed by atoms with Crippen molar-refractivity contribution in [2.45, 2.75) is 56.3 Å². The lowest BCUT2D eigenvalue weighted by Gasteiger charge is -2.25. The Labute approximate surface area is 190 Å². The van der Waals surface area contributed by atoms with E-state index in [0.717, 1.165) is 0 Å². The van der Waals surface area contributed by atoms with Crippen LogP contribution in [-0.2, 0) is 24.0 Å². The summed E-state index contributed by atoms with van der Waals surface area (Å²) in [5.41, 5.74) is 16.1. The summed E-state index contributed by atoms with van der Waals surface area (Å²) in [6.07, 6.45) is 2.82. The molecule has 0 aromatic rings. The Balaban J connectivity index is 5.37.